The van der Waals surface area contributed by atoms with Gasteiger partial charge in [-0.15, -0.1) is 11.8 Å². The Balaban J connectivity index is 2.26. The first-order valence-electron chi connectivity index (χ1n) is 5.65. The molecule has 0 saturated carbocycles. The molecular weight excluding hydrogens is 218 g/mol. The normalized spacial score (nSPS) is 14.8. The Kier molecular flexibility index (Phi) is 5.32. The fourth-order valence-electron chi connectivity index (χ4n) is 1.45. The van der Waals surface area contributed by atoms with E-state index in [9.17, 15) is 5.11 Å². The highest BCUT2D eigenvalue weighted by atomic mass is 32.2. The summed E-state index contributed by atoms with van der Waals surface area (Å²) in [5.74, 6) is 1.03. The molecule has 0 heterocycles. The van der Waals surface area contributed by atoms with E-state index in [2.05, 4.69) is 31.2 Å². The number of rotatable bonds is 6. The fourth-order valence-corrected chi connectivity index (χ4v) is 2.42. The van der Waals surface area contributed by atoms with Crippen molar-refractivity contribution in [2.24, 2.45) is 5.73 Å². The third kappa shape index (κ3) is 5.01. The molecule has 0 aromatic heterocycles. The molecule has 1 aromatic carbocycles. The van der Waals surface area contributed by atoms with Crippen LogP contribution in [-0.4, -0.2) is 23.0 Å². The molecule has 0 fully saturated rings. The van der Waals surface area contributed by atoms with Gasteiger partial charge in [0.05, 0.1) is 5.60 Å². The minimum atomic E-state index is -0.701. The first-order valence-corrected chi connectivity index (χ1v) is 6.64. The largest absolute Gasteiger partial charge is 0.389 e. The molecule has 3 N–H and O–H groups in total. The first-order chi connectivity index (χ1) is 7.53. The summed E-state index contributed by atoms with van der Waals surface area (Å²) in [6.07, 6.45) is 1.76. The predicted molar refractivity (Wildman–Crippen MR) is 70.8 cm³/mol. The van der Waals surface area contributed by atoms with Gasteiger partial charge in [-0.2, -0.15) is 0 Å². The minimum absolute atomic E-state index is 0.335. The Labute approximate surface area is 102 Å². The summed E-state index contributed by atoms with van der Waals surface area (Å²) >= 11 is 1.83. The number of hydrogen-bond donors (Lipinski definition) is 2. The van der Waals surface area contributed by atoms with Gasteiger partial charge in [-0.3, -0.25) is 0 Å². The van der Waals surface area contributed by atoms with Gasteiger partial charge in [0.1, 0.15) is 0 Å². The highest BCUT2D eigenvalue weighted by Crippen LogP contribution is 2.21. The van der Waals surface area contributed by atoms with Crippen LogP contribution in [0.5, 0.6) is 0 Å². The molecule has 0 radical (unpaired) electrons. The molecule has 1 atom stereocenters. The number of nitrogens with two attached hydrogens (primary N) is 1. The lowest BCUT2D eigenvalue weighted by atomic mass is 10.0. The third-order valence-electron chi connectivity index (χ3n) is 2.56. The molecule has 2 nitrogen and oxygen atoms in total. The lowest BCUT2D eigenvalue weighted by Crippen LogP contribution is -2.34. The van der Waals surface area contributed by atoms with Crippen molar-refractivity contribution in [2.75, 3.05) is 12.3 Å². The van der Waals surface area contributed by atoms with Crippen LogP contribution in [0.15, 0.2) is 29.2 Å². The van der Waals surface area contributed by atoms with Crippen LogP contribution in [-0.2, 0) is 0 Å². The van der Waals surface area contributed by atoms with Gasteiger partial charge < -0.3 is 10.8 Å². The van der Waals surface area contributed by atoms with Crippen molar-refractivity contribution in [3.8, 4) is 0 Å². The number of hydrogen-bond acceptors (Lipinski definition) is 3. The molecule has 0 spiro atoms. The van der Waals surface area contributed by atoms with E-state index >= 15 is 0 Å². The summed E-state index contributed by atoms with van der Waals surface area (Å²) in [5, 5.41) is 9.73. The first kappa shape index (κ1) is 13.6. The van der Waals surface area contributed by atoms with E-state index in [1.807, 2.05) is 11.8 Å². The molecule has 16 heavy (non-hydrogen) atoms. The maximum atomic E-state index is 9.73. The van der Waals surface area contributed by atoms with Gasteiger partial charge >= 0.3 is 0 Å². The molecule has 0 bridgehead atoms. The quantitative estimate of drug-likeness (QED) is 0.592. The lowest BCUT2D eigenvalue weighted by molar-refractivity contribution is 0.0596. The van der Waals surface area contributed by atoms with Crippen molar-refractivity contribution in [3.63, 3.8) is 0 Å². The van der Waals surface area contributed by atoms with Crippen LogP contribution in [0.2, 0.25) is 0 Å². The maximum Gasteiger partial charge on any atom is 0.0741 e. The van der Waals surface area contributed by atoms with E-state index in [0.29, 0.717) is 6.54 Å². The molecule has 90 valence electrons. The SMILES string of the molecule is Cc1cccc(SCCCC(C)(O)CN)c1. The Hall–Kier alpha value is -0.510. The van der Waals surface area contributed by atoms with Crippen molar-refractivity contribution < 1.29 is 5.11 Å². The zero-order valence-electron chi connectivity index (χ0n) is 10.1. The molecule has 1 aromatic rings. The summed E-state index contributed by atoms with van der Waals surface area (Å²) in [6.45, 7) is 4.23. The highest BCUT2D eigenvalue weighted by molar-refractivity contribution is 7.99. The summed E-state index contributed by atoms with van der Waals surface area (Å²) in [5.41, 5.74) is 6.05. The number of aliphatic hydroxyl groups is 1. The van der Waals surface area contributed by atoms with Crippen LogP contribution in [0.1, 0.15) is 25.3 Å². The van der Waals surface area contributed by atoms with E-state index in [0.717, 1.165) is 18.6 Å². The average molecular weight is 239 g/mol. The summed E-state index contributed by atoms with van der Waals surface area (Å²) in [7, 11) is 0. The standard InChI is InChI=1S/C13H21NOS/c1-11-5-3-6-12(9-11)16-8-4-7-13(2,15)10-14/h3,5-6,9,15H,4,7-8,10,14H2,1-2H3. The number of thioether (sulfide) groups is 1. The van der Waals surface area contributed by atoms with Crippen LogP contribution in [0.3, 0.4) is 0 Å². The van der Waals surface area contributed by atoms with Gasteiger partial charge in [0.15, 0.2) is 0 Å². The van der Waals surface area contributed by atoms with E-state index < -0.39 is 5.60 Å². The van der Waals surface area contributed by atoms with Gasteiger partial charge in [0.25, 0.3) is 0 Å². The average Bonchev–Trinajstić information content (AvgIpc) is 2.25. The van der Waals surface area contributed by atoms with Crippen molar-refractivity contribution >= 4 is 11.8 Å². The predicted octanol–water partition coefficient (Wildman–Crippen LogP) is 2.58. The minimum Gasteiger partial charge on any atom is -0.389 e. The Morgan fingerprint density at radius 1 is 1.44 bits per heavy atom. The van der Waals surface area contributed by atoms with Crippen LogP contribution < -0.4 is 5.73 Å². The van der Waals surface area contributed by atoms with E-state index in [1.165, 1.54) is 10.5 Å². The summed E-state index contributed by atoms with van der Waals surface area (Å²) in [6, 6.07) is 8.49. The van der Waals surface area contributed by atoms with E-state index in [4.69, 9.17) is 5.73 Å². The molecule has 0 amide bonds. The van der Waals surface area contributed by atoms with Crippen LogP contribution in [0.4, 0.5) is 0 Å². The van der Waals surface area contributed by atoms with Crippen LogP contribution in [0, 0.1) is 6.92 Å². The second-order valence-electron chi connectivity index (χ2n) is 4.47. The second-order valence-corrected chi connectivity index (χ2v) is 5.64. The van der Waals surface area contributed by atoms with Crippen molar-refractivity contribution in [3.05, 3.63) is 29.8 Å². The van der Waals surface area contributed by atoms with Gasteiger partial charge in [-0.1, -0.05) is 17.7 Å². The summed E-state index contributed by atoms with van der Waals surface area (Å²) < 4.78 is 0. The topological polar surface area (TPSA) is 46.2 Å². The molecule has 0 aliphatic carbocycles. The van der Waals surface area contributed by atoms with Gasteiger partial charge in [0.2, 0.25) is 0 Å². The molecule has 0 aliphatic rings. The molecule has 1 rings (SSSR count). The second kappa shape index (κ2) is 6.28. The molecule has 1 unspecified atom stereocenters. The highest BCUT2D eigenvalue weighted by Gasteiger charge is 2.16. The zero-order chi connectivity index (χ0) is 12.0. The summed E-state index contributed by atoms with van der Waals surface area (Å²) in [4.78, 5) is 1.30. The molecule has 0 saturated heterocycles. The van der Waals surface area contributed by atoms with Crippen molar-refractivity contribution in [1.29, 1.82) is 0 Å². The van der Waals surface area contributed by atoms with Crippen LogP contribution in [0.25, 0.3) is 0 Å². The van der Waals surface area contributed by atoms with Gasteiger partial charge in [-0.25, -0.2) is 0 Å². The van der Waals surface area contributed by atoms with Gasteiger partial charge in [-0.05, 0) is 44.6 Å². The monoisotopic (exact) mass is 239 g/mol. The van der Waals surface area contributed by atoms with Gasteiger partial charge in [0, 0.05) is 11.4 Å². The maximum absolute atomic E-state index is 9.73. The van der Waals surface area contributed by atoms with Crippen LogP contribution >= 0.6 is 11.8 Å². The molecule has 0 aliphatic heterocycles. The Morgan fingerprint density at radius 2 is 2.19 bits per heavy atom. The van der Waals surface area contributed by atoms with Crippen molar-refractivity contribution in [2.45, 2.75) is 37.2 Å². The molecular formula is C13H21NOS. The zero-order valence-corrected chi connectivity index (χ0v) is 10.9. The van der Waals surface area contributed by atoms with Crippen molar-refractivity contribution in [1.82, 2.24) is 0 Å². The fraction of sp³-hybridized carbons (Fsp3) is 0.538. The number of aryl methyl sites for hydroxylation is 1. The number of benzene rings is 1. The third-order valence-corrected chi connectivity index (χ3v) is 3.64. The van der Waals surface area contributed by atoms with E-state index in [-0.39, 0.29) is 0 Å². The smallest absolute Gasteiger partial charge is 0.0741 e. The molecule has 3 heteroatoms. The van der Waals surface area contributed by atoms with E-state index in [1.54, 1.807) is 6.92 Å². The Morgan fingerprint density at radius 3 is 2.81 bits per heavy atom. The Bertz CT molecular complexity index is 325. The lowest BCUT2D eigenvalue weighted by Gasteiger charge is -2.20.